The van der Waals surface area contributed by atoms with Gasteiger partial charge in [-0.25, -0.2) is 9.97 Å². The summed E-state index contributed by atoms with van der Waals surface area (Å²) in [6.45, 7) is 2.45. The number of hydrogen-bond acceptors (Lipinski definition) is 6. The zero-order valence-electron chi connectivity index (χ0n) is 17.6. The van der Waals surface area contributed by atoms with Gasteiger partial charge in [0.05, 0.1) is 7.11 Å². The highest BCUT2D eigenvalue weighted by Gasteiger charge is 2.24. The summed E-state index contributed by atoms with van der Waals surface area (Å²) in [6.07, 6.45) is 7.83. The van der Waals surface area contributed by atoms with Crippen LogP contribution in [0.15, 0.2) is 36.7 Å². The molecule has 1 aromatic carbocycles. The Labute approximate surface area is 178 Å². The van der Waals surface area contributed by atoms with Gasteiger partial charge < -0.3 is 20.3 Å². The second-order valence-electron chi connectivity index (χ2n) is 8.26. The Morgan fingerprint density at radius 3 is 2.93 bits per heavy atom. The molecule has 7 nitrogen and oxygen atoms in total. The van der Waals surface area contributed by atoms with E-state index in [0.29, 0.717) is 24.9 Å². The SMILES string of the molecule is COc1ccccc1CNC(=O)CC[C@@H]1CCCN(c2cc(NC3CC3)ncn2)C1. The first kappa shape index (κ1) is 20.4. The number of nitrogens with one attached hydrogen (secondary N) is 2. The fraction of sp³-hybridized carbons (Fsp3) is 0.522. The maximum Gasteiger partial charge on any atom is 0.220 e. The highest BCUT2D eigenvalue weighted by Crippen LogP contribution is 2.28. The van der Waals surface area contributed by atoms with E-state index in [9.17, 15) is 4.79 Å². The van der Waals surface area contributed by atoms with Crippen molar-refractivity contribution in [2.24, 2.45) is 5.92 Å². The van der Waals surface area contributed by atoms with Crippen LogP contribution in [-0.4, -0.2) is 42.1 Å². The van der Waals surface area contributed by atoms with Crippen molar-refractivity contribution in [2.75, 3.05) is 30.4 Å². The molecule has 1 aliphatic carbocycles. The average Bonchev–Trinajstić information content (AvgIpc) is 3.61. The molecule has 0 bridgehead atoms. The molecule has 0 radical (unpaired) electrons. The van der Waals surface area contributed by atoms with Crippen molar-refractivity contribution in [2.45, 2.75) is 51.1 Å². The lowest BCUT2D eigenvalue weighted by Crippen LogP contribution is -2.36. The van der Waals surface area contributed by atoms with Crippen LogP contribution in [0, 0.1) is 5.92 Å². The third-order valence-electron chi connectivity index (χ3n) is 5.87. The molecule has 4 rings (SSSR count). The number of ether oxygens (including phenoxy) is 1. The highest BCUT2D eigenvalue weighted by molar-refractivity contribution is 5.75. The Kier molecular flexibility index (Phi) is 6.67. The lowest BCUT2D eigenvalue weighted by Gasteiger charge is -2.33. The summed E-state index contributed by atoms with van der Waals surface area (Å²) in [5, 5.41) is 6.47. The van der Waals surface area contributed by atoms with Crippen LogP contribution in [0.1, 0.15) is 44.1 Å². The van der Waals surface area contributed by atoms with Crippen molar-refractivity contribution in [3.8, 4) is 5.75 Å². The fourth-order valence-electron chi connectivity index (χ4n) is 4.01. The predicted octanol–water partition coefficient (Wildman–Crippen LogP) is 3.37. The smallest absolute Gasteiger partial charge is 0.220 e. The van der Waals surface area contributed by atoms with E-state index in [1.807, 2.05) is 24.3 Å². The monoisotopic (exact) mass is 409 g/mol. The quantitative estimate of drug-likeness (QED) is 0.661. The highest BCUT2D eigenvalue weighted by atomic mass is 16.5. The summed E-state index contributed by atoms with van der Waals surface area (Å²) >= 11 is 0. The molecule has 1 atom stereocenters. The maximum absolute atomic E-state index is 12.4. The lowest BCUT2D eigenvalue weighted by atomic mass is 9.93. The number of methoxy groups -OCH3 is 1. The Morgan fingerprint density at radius 2 is 2.10 bits per heavy atom. The maximum atomic E-state index is 12.4. The number of anilines is 2. The van der Waals surface area contributed by atoms with Gasteiger partial charge in [-0.1, -0.05) is 18.2 Å². The van der Waals surface area contributed by atoms with Crippen LogP contribution < -0.4 is 20.3 Å². The van der Waals surface area contributed by atoms with Crippen LogP contribution in [0.4, 0.5) is 11.6 Å². The molecule has 7 heteroatoms. The van der Waals surface area contributed by atoms with Gasteiger partial charge in [-0.15, -0.1) is 0 Å². The van der Waals surface area contributed by atoms with Crippen molar-refractivity contribution in [3.05, 3.63) is 42.2 Å². The number of piperidine rings is 1. The number of carbonyl (C=O) groups is 1. The van der Waals surface area contributed by atoms with Crippen molar-refractivity contribution in [1.29, 1.82) is 0 Å². The molecule has 1 aliphatic heterocycles. The number of nitrogens with zero attached hydrogens (tertiary/aromatic N) is 3. The van der Waals surface area contributed by atoms with Crippen LogP contribution in [-0.2, 0) is 11.3 Å². The van der Waals surface area contributed by atoms with Gasteiger partial charge in [0.1, 0.15) is 23.7 Å². The van der Waals surface area contributed by atoms with E-state index in [4.69, 9.17) is 4.74 Å². The van der Waals surface area contributed by atoms with E-state index in [1.165, 1.54) is 12.8 Å². The Balaban J connectivity index is 1.24. The molecule has 1 saturated carbocycles. The van der Waals surface area contributed by atoms with Gasteiger partial charge in [-0.3, -0.25) is 4.79 Å². The molecule has 2 N–H and O–H groups in total. The zero-order chi connectivity index (χ0) is 20.8. The minimum Gasteiger partial charge on any atom is -0.496 e. The van der Waals surface area contributed by atoms with Crippen LogP contribution >= 0.6 is 0 Å². The summed E-state index contributed by atoms with van der Waals surface area (Å²) in [5.41, 5.74) is 0.997. The molecule has 30 heavy (non-hydrogen) atoms. The first-order chi connectivity index (χ1) is 14.7. The number of aromatic nitrogens is 2. The van der Waals surface area contributed by atoms with Gasteiger partial charge in [0.15, 0.2) is 0 Å². The first-order valence-electron chi connectivity index (χ1n) is 10.9. The summed E-state index contributed by atoms with van der Waals surface area (Å²) in [5.74, 6) is 3.31. The summed E-state index contributed by atoms with van der Waals surface area (Å²) in [7, 11) is 1.65. The minimum absolute atomic E-state index is 0.0935. The van der Waals surface area contributed by atoms with E-state index in [1.54, 1.807) is 13.4 Å². The van der Waals surface area contributed by atoms with E-state index >= 15 is 0 Å². The van der Waals surface area contributed by atoms with Crippen molar-refractivity contribution >= 4 is 17.5 Å². The number of hydrogen-bond donors (Lipinski definition) is 2. The second kappa shape index (κ2) is 9.78. The standard InChI is InChI=1S/C23H31N5O2/c1-30-20-7-3-2-6-18(20)14-24-23(29)11-8-17-5-4-12-28(15-17)22-13-21(25-16-26-22)27-19-9-10-19/h2-3,6-7,13,16-17,19H,4-5,8-12,14-15H2,1H3,(H,24,29)(H,25,26,27)/t17-/m0/s1. The van der Waals surface area contributed by atoms with Crippen LogP contribution in [0.3, 0.4) is 0 Å². The third-order valence-corrected chi connectivity index (χ3v) is 5.87. The van der Waals surface area contributed by atoms with Gasteiger partial charge >= 0.3 is 0 Å². The molecule has 1 amide bonds. The topological polar surface area (TPSA) is 79.4 Å². The number of amides is 1. The minimum atomic E-state index is 0.0935. The van der Waals surface area contributed by atoms with Gasteiger partial charge in [0.2, 0.25) is 5.91 Å². The third kappa shape index (κ3) is 5.62. The second-order valence-corrected chi connectivity index (χ2v) is 8.26. The van der Waals surface area contributed by atoms with Crippen molar-refractivity contribution < 1.29 is 9.53 Å². The number of para-hydroxylation sites is 1. The van der Waals surface area contributed by atoms with E-state index in [0.717, 1.165) is 55.3 Å². The van der Waals surface area contributed by atoms with Gasteiger partial charge in [-0.05, 0) is 44.1 Å². The zero-order valence-corrected chi connectivity index (χ0v) is 17.6. The van der Waals surface area contributed by atoms with Gasteiger partial charge in [0, 0.05) is 43.7 Å². The Hall–Kier alpha value is -2.83. The molecule has 0 unspecified atom stereocenters. The molecular weight excluding hydrogens is 378 g/mol. The van der Waals surface area contributed by atoms with E-state index in [-0.39, 0.29) is 5.91 Å². The molecule has 160 valence electrons. The van der Waals surface area contributed by atoms with Crippen molar-refractivity contribution in [3.63, 3.8) is 0 Å². The fourth-order valence-corrected chi connectivity index (χ4v) is 4.01. The molecule has 2 aromatic rings. The molecule has 2 aliphatic rings. The number of carbonyl (C=O) groups excluding carboxylic acids is 1. The van der Waals surface area contributed by atoms with Crippen LogP contribution in [0.5, 0.6) is 5.75 Å². The van der Waals surface area contributed by atoms with E-state index in [2.05, 4.69) is 31.6 Å². The Morgan fingerprint density at radius 1 is 1.23 bits per heavy atom. The summed E-state index contributed by atoms with van der Waals surface area (Å²) in [6, 6.07) is 10.4. The van der Waals surface area contributed by atoms with Gasteiger partial charge in [0.25, 0.3) is 0 Å². The molecule has 2 heterocycles. The largest absolute Gasteiger partial charge is 0.496 e. The normalized spacial score (nSPS) is 18.7. The van der Waals surface area contributed by atoms with E-state index < -0.39 is 0 Å². The molecule has 1 aromatic heterocycles. The van der Waals surface area contributed by atoms with Crippen LogP contribution in [0.25, 0.3) is 0 Å². The van der Waals surface area contributed by atoms with Crippen molar-refractivity contribution in [1.82, 2.24) is 15.3 Å². The first-order valence-corrected chi connectivity index (χ1v) is 10.9. The molecule has 0 spiro atoms. The van der Waals surface area contributed by atoms with Crippen LogP contribution in [0.2, 0.25) is 0 Å². The predicted molar refractivity (Wildman–Crippen MR) is 118 cm³/mol. The average molecular weight is 410 g/mol. The number of benzene rings is 1. The number of rotatable bonds is 9. The lowest BCUT2D eigenvalue weighted by molar-refractivity contribution is -0.121. The molecule has 2 fully saturated rings. The van der Waals surface area contributed by atoms with Gasteiger partial charge in [-0.2, -0.15) is 0 Å². The molecular formula is C23H31N5O2. The summed E-state index contributed by atoms with van der Waals surface area (Å²) in [4.78, 5) is 23.5. The Bertz CT molecular complexity index is 855. The molecule has 1 saturated heterocycles. The summed E-state index contributed by atoms with van der Waals surface area (Å²) < 4.78 is 5.35.